The van der Waals surface area contributed by atoms with Crippen LogP contribution in [-0.2, 0) is 0 Å². The van der Waals surface area contributed by atoms with Gasteiger partial charge in [-0.3, -0.25) is 14.9 Å². The molecule has 2 amide bonds. The van der Waals surface area contributed by atoms with E-state index in [0.717, 1.165) is 5.39 Å². The van der Waals surface area contributed by atoms with Gasteiger partial charge >= 0.3 is 0 Å². The van der Waals surface area contributed by atoms with E-state index in [9.17, 15) is 9.59 Å². The van der Waals surface area contributed by atoms with Gasteiger partial charge in [-0.25, -0.2) is 0 Å². The summed E-state index contributed by atoms with van der Waals surface area (Å²) < 4.78 is 0.709. The number of hydrogen-bond acceptors (Lipinski definition) is 3. The van der Waals surface area contributed by atoms with Crippen LogP contribution >= 0.6 is 15.9 Å². The van der Waals surface area contributed by atoms with Gasteiger partial charge in [0.05, 0.1) is 5.56 Å². The number of amides is 2. The number of hydrogen-bond donors (Lipinski definition) is 2. The van der Waals surface area contributed by atoms with Gasteiger partial charge in [-0.05, 0) is 33.4 Å². The van der Waals surface area contributed by atoms with Gasteiger partial charge in [-0.1, -0.05) is 12.1 Å². The molecule has 0 atom stereocenters. The molecule has 0 saturated heterocycles. The quantitative estimate of drug-likeness (QED) is 0.576. The van der Waals surface area contributed by atoms with E-state index >= 15 is 0 Å². The minimum Gasteiger partial charge on any atom is -0.398 e. The van der Waals surface area contributed by atoms with Crippen LogP contribution in [0.2, 0.25) is 0 Å². The van der Waals surface area contributed by atoms with Gasteiger partial charge in [0, 0.05) is 21.1 Å². The molecule has 3 rings (SSSR count). The maximum absolute atomic E-state index is 11.7. The van der Waals surface area contributed by atoms with Crippen LogP contribution in [0.1, 0.15) is 20.7 Å². The molecule has 1 aliphatic rings. The summed E-state index contributed by atoms with van der Waals surface area (Å²) in [5.41, 5.74) is 7.24. The predicted molar refractivity (Wildman–Crippen MR) is 67.9 cm³/mol. The molecule has 1 aliphatic heterocycles. The van der Waals surface area contributed by atoms with Crippen molar-refractivity contribution in [1.29, 1.82) is 0 Å². The predicted octanol–water partition coefficient (Wildman–Crippen LogP) is 2.07. The largest absolute Gasteiger partial charge is 0.398 e. The van der Waals surface area contributed by atoms with E-state index in [-0.39, 0.29) is 5.91 Å². The average Bonchev–Trinajstić information content (AvgIpc) is 2.31. The molecule has 0 unspecified atom stereocenters. The molecule has 2 aromatic carbocycles. The number of carbonyl (C=O) groups is 2. The third-order valence-corrected chi connectivity index (χ3v) is 3.72. The molecule has 0 bridgehead atoms. The minimum absolute atomic E-state index is 0.371. The second-order valence-corrected chi connectivity index (χ2v) is 4.63. The molecule has 0 radical (unpaired) electrons. The number of imide groups is 1. The Labute approximate surface area is 105 Å². The Kier molecular flexibility index (Phi) is 2.00. The van der Waals surface area contributed by atoms with E-state index in [0.29, 0.717) is 26.7 Å². The summed E-state index contributed by atoms with van der Waals surface area (Å²) in [6.45, 7) is 0. The smallest absolute Gasteiger partial charge is 0.258 e. The maximum Gasteiger partial charge on any atom is 0.258 e. The molecule has 1 heterocycles. The van der Waals surface area contributed by atoms with E-state index in [1.165, 1.54) is 0 Å². The molecule has 4 nitrogen and oxygen atoms in total. The van der Waals surface area contributed by atoms with Gasteiger partial charge in [0.25, 0.3) is 11.8 Å². The SMILES string of the molecule is Nc1cc2c3c(cccc3c1Br)C(=O)NC2=O. The lowest BCUT2D eigenvalue weighted by Crippen LogP contribution is -2.34. The Hall–Kier alpha value is -1.88. The van der Waals surface area contributed by atoms with Crippen molar-refractivity contribution >= 4 is 44.2 Å². The molecule has 0 spiro atoms. The van der Waals surface area contributed by atoms with Crippen molar-refractivity contribution in [2.45, 2.75) is 0 Å². The standard InChI is InChI=1S/C12H7BrN2O2/c13-10-5-2-1-3-6-9(5)7(4-8(10)14)12(17)15-11(6)16/h1-4H,14H2,(H,15,16,17). The Morgan fingerprint density at radius 3 is 2.59 bits per heavy atom. The fourth-order valence-electron chi connectivity index (χ4n) is 2.08. The first-order valence-electron chi connectivity index (χ1n) is 4.96. The highest BCUT2D eigenvalue weighted by molar-refractivity contribution is 9.10. The Balaban J connectivity index is 2.59. The van der Waals surface area contributed by atoms with E-state index in [1.807, 2.05) is 6.07 Å². The van der Waals surface area contributed by atoms with Crippen molar-refractivity contribution in [3.63, 3.8) is 0 Å². The zero-order valence-electron chi connectivity index (χ0n) is 8.58. The topological polar surface area (TPSA) is 72.2 Å². The molecule has 0 aliphatic carbocycles. The number of nitrogen functional groups attached to an aromatic ring is 1. The van der Waals surface area contributed by atoms with Crippen molar-refractivity contribution in [2.75, 3.05) is 5.73 Å². The van der Waals surface area contributed by atoms with Crippen LogP contribution in [0.3, 0.4) is 0 Å². The first-order valence-corrected chi connectivity index (χ1v) is 5.75. The van der Waals surface area contributed by atoms with Crippen molar-refractivity contribution in [3.8, 4) is 0 Å². The Morgan fingerprint density at radius 2 is 1.82 bits per heavy atom. The maximum atomic E-state index is 11.7. The number of benzene rings is 2. The van der Waals surface area contributed by atoms with Crippen LogP contribution in [0.15, 0.2) is 28.7 Å². The van der Waals surface area contributed by atoms with Crippen LogP contribution in [-0.4, -0.2) is 11.8 Å². The number of halogens is 1. The van der Waals surface area contributed by atoms with Crippen LogP contribution < -0.4 is 11.1 Å². The fraction of sp³-hybridized carbons (Fsp3) is 0. The number of carbonyl (C=O) groups excluding carboxylic acids is 2. The summed E-state index contributed by atoms with van der Waals surface area (Å²) in [6.07, 6.45) is 0. The molecular formula is C12H7BrN2O2. The number of nitrogens with one attached hydrogen (secondary N) is 1. The summed E-state index contributed by atoms with van der Waals surface area (Å²) in [4.78, 5) is 23.4. The Bertz CT molecular complexity index is 694. The molecule has 5 heteroatoms. The van der Waals surface area contributed by atoms with Crippen molar-refractivity contribution in [3.05, 3.63) is 39.9 Å². The second kappa shape index (κ2) is 3.30. The van der Waals surface area contributed by atoms with Gasteiger partial charge in [0.2, 0.25) is 0 Å². The number of rotatable bonds is 0. The van der Waals surface area contributed by atoms with Gasteiger partial charge in [-0.2, -0.15) is 0 Å². The Morgan fingerprint density at radius 1 is 1.12 bits per heavy atom. The summed E-state index contributed by atoms with van der Waals surface area (Å²) in [6, 6.07) is 6.86. The van der Waals surface area contributed by atoms with Crippen LogP contribution in [0.5, 0.6) is 0 Å². The lowest BCUT2D eigenvalue weighted by Gasteiger charge is -2.18. The van der Waals surface area contributed by atoms with E-state index in [1.54, 1.807) is 18.2 Å². The molecule has 0 saturated carbocycles. The first kappa shape index (κ1) is 10.3. The van der Waals surface area contributed by atoms with Crippen LogP contribution in [0, 0.1) is 0 Å². The van der Waals surface area contributed by atoms with Crippen molar-refractivity contribution in [2.24, 2.45) is 0 Å². The second-order valence-electron chi connectivity index (χ2n) is 3.84. The number of nitrogens with two attached hydrogens (primary N) is 1. The molecule has 17 heavy (non-hydrogen) atoms. The highest BCUT2D eigenvalue weighted by Crippen LogP contribution is 2.35. The van der Waals surface area contributed by atoms with Crippen LogP contribution in [0.4, 0.5) is 5.69 Å². The monoisotopic (exact) mass is 290 g/mol. The zero-order valence-corrected chi connectivity index (χ0v) is 10.2. The summed E-state index contributed by atoms with van der Waals surface area (Å²) in [7, 11) is 0. The number of anilines is 1. The lowest BCUT2D eigenvalue weighted by atomic mass is 9.95. The van der Waals surface area contributed by atoms with Gasteiger partial charge in [0.1, 0.15) is 0 Å². The highest BCUT2D eigenvalue weighted by Gasteiger charge is 2.26. The van der Waals surface area contributed by atoms with Crippen molar-refractivity contribution in [1.82, 2.24) is 5.32 Å². The lowest BCUT2D eigenvalue weighted by molar-refractivity contribution is 0.0845. The fourth-order valence-corrected chi connectivity index (χ4v) is 2.52. The third kappa shape index (κ3) is 1.29. The first-order chi connectivity index (χ1) is 8.09. The van der Waals surface area contributed by atoms with Gasteiger partial charge in [0.15, 0.2) is 0 Å². The average molecular weight is 291 g/mol. The van der Waals surface area contributed by atoms with Gasteiger partial charge < -0.3 is 5.73 Å². The van der Waals surface area contributed by atoms with Crippen LogP contribution in [0.25, 0.3) is 10.8 Å². The van der Waals surface area contributed by atoms with E-state index in [4.69, 9.17) is 5.73 Å². The highest BCUT2D eigenvalue weighted by atomic mass is 79.9. The van der Waals surface area contributed by atoms with Gasteiger partial charge in [-0.15, -0.1) is 0 Å². The molecule has 0 aromatic heterocycles. The normalized spacial score (nSPS) is 13.9. The molecule has 2 aromatic rings. The summed E-state index contributed by atoms with van der Waals surface area (Å²) >= 11 is 3.37. The summed E-state index contributed by atoms with van der Waals surface area (Å²) in [5, 5.41) is 3.73. The molecule has 0 fully saturated rings. The van der Waals surface area contributed by atoms with E-state index < -0.39 is 5.91 Å². The molecule has 84 valence electrons. The molecule has 3 N–H and O–H groups in total. The minimum atomic E-state index is -0.405. The summed E-state index contributed by atoms with van der Waals surface area (Å²) in [5.74, 6) is -0.775. The van der Waals surface area contributed by atoms with Crippen molar-refractivity contribution < 1.29 is 9.59 Å². The zero-order chi connectivity index (χ0) is 12.2. The molecular weight excluding hydrogens is 284 g/mol. The van der Waals surface area contributed by atoms with E-state index in [2.05, 4.69) is 21.2 Å². The third-order valence-electron chi connectivity index (χ3n) is 2.84.